The van der Waals surface area contributed by atoms with Crippen molar-refractivity contribution in [3.63, 3.8) is 0 Å². The fraction of sp³-hybridized carbons (Fsp3) is 0.529. The number of piperazine rings is 1. The minimum Gasteiger partial charge on any atom is -0.338 e. The lowest BCUT2D eigenvalue weighted by Crippen LogP contribution is -2.55. The third kappa shape index (κ3) is 4.32. The Morgan fingerprint density at radius 2 is 1.62 bits per heavy atom. The minimum absolute atomic E-state index is 0.0246. The van der Waals surface area contributed by atoms with E-state index in [1.165, 1.54) is 9.80 Å². The predicted octanol–water partition coefficient (Wildman–Crippen LogP) is 2.11. The molecule has 0 bridgehead atoms. The summed E-state index contributed by atoms with van der Waals surface area (Å²) in [4.78, 5) is 27.4. The highest BCUT2D eigenvalue weighted by Gasteiger charge is 2.33. The van der Waals surface area contributed by atoms with Crippen molar-refractivity contribution in [1.82, 2.24) is 9.80 Å². The molecule has 0 radical (unpaired) electrons. The summed E-state index contributed by atoms with van der Waals surface area (Å²) in [5, 5.41) is 0. The molecule has 1 aromatic rings. The molecule has 2 rings (SSSR count). The van der Waals surface area contributed by atoms with Gasteiger partial charge in [0.05, 0.1) is 17.2 Å². The molecule has 2 N–H and O–H groups in total. The molecular weight excluding hydrogens is 354 g/mol. The van der Waals surface area contributed by atoms with Gasteiger partial charge in [-0.3, -0.25) is 9.59 Å². The molecule has 1 aliphatic heterocycles. The van der Waals surface area contributed by atoms with Crippen LogP contribution < -0.4 is 5.73 Å². The number of nitrogens with two attached hydrogens (primary N) is 1. The number of alkyl halides is 3. The Balaban J connectivity index is 2.04. The van der Waals surface area contributed by atoms with Gasteiger partial charge in [0.15, 0.2) is 0 Å². The second-order valence-electron chi connectivity index (χ2n) is 6.58. The van der Waals surface area contributed by atoms with Crippen molar-refractivity contribution in [3.8, 4) is 0 Å². The van der Waals surface area contributed by atoms with Crippen LogP contribution >= 0.6 is 0 Å². The van der Waals surface area contributed by atoms with E-state index >= 15 is 0 Å². The summed E-state index contributed by atoms with van der Waals surface area (Å²) in [6, 6.07) is 1.20. The van der Waals surface area contributed by atoms with Crippen LogP contribution in [0.1, 0.15) is 29.8 Å². The maximum absolute atomic E-state index is 14.0. The molecular formula is C17H21F4N3O2. The molecule has 1 saturated heterocycles. The smallest absolute Gasteiger partial charge is 0.338 e. The first-order chi connectivity index (χ1) is 12.0. The van der Waals surface area contributed by atoms with Gasteiger partial charge in [-0.25, -0.2) is 4.39 Å². The third-order valence-electron chi connectivity index (χ3n) is 4.41. The van der Waals surface area contributed by atoms with Crippen molar-refractivity contribution in [3.05, 3.63) is 35.1 Å². The molecule has 26 heavy (non-hydrogen) atoms. The average molecular weight is 375 g/mol. The van der Waals surface area contributed by atoms with Crippen LogP contribution in [0.5, 0.6) is 0 Å². The largest absolute Gasteiger partial charge is 0.416 e. The highest BCUT2D eigenvalue weighted by molar-refractivity contribution is 5.94. The zero-order valence-electron chi connectivity index (χ0n) is 14.5. The number of hydrogen-bond acceptors (Lipinski definition) is 3. The summed E-state index contributed by atoms with van der Waals surface area (Å²) >= 11 is 0. The normalized spacial score (nSPS) is 16.8. The van der Waals surface area contributed by atoms with E-state index in [0.29, 0.717) is 12.1 Å². The third-order valence-corrected chi connectivity index (χ3v) is 4.41. The lowest BCUT2D eigenvalue weighted by atomic mass is 10.0. The summed E-state index contributed by atoms with van der Waals surface area (Å²) in [6.45, 7) is 4.47. The standard InChI is InChI=1S/C17H21F4N3O2/c1-10(2)14(22)16(26)24-7-5-23(6-8-24)15(25)12-4-3-11(9-13(12)18)17(19,20)21/h3-4,9-10,14H,5-8,22H2,1-2H3/t14-/m0/s1. The van der Waals surface area contributed by atoms with Crippen LogP contribution in [0, 0.1) is 11.7 Å². The molecule has 0 aromatic heterocycles. The van der Waals surface area contributed by atoms with Crippen molar-refractivity contribution in [2.75, 3.05) is 26.2 Å². The quantitative estimate of drug-likeness (QED) is 0.823. The Kier molecular flexibility index (Phi) is 5.90. The van der Waals surface area contributed by atoms with Gasteiger partial charge in [0.2, 0.25) is 5.91 Å². The highest BCUT2D eigenvalue weighted by atomic mass is 19.4. The van der Waals surface area contributed by atoms with Gasteiger partial charge in [-0.2, -0.15) is 13.2 Å². The maximum atomic E-state index is 14.0. The summed E-state index contributed by atoms with van der Waals surface area (Å²) in [5.41, 5.74) is 4.26. The molecule has 1 heterocycles. The fourth-order valence-electron chi connectivity index (χ4n) is 2.66. The first kappa shape index (κ1) is 20.2. The Bertz CT molecular complexity index is 683. The minimum atomic E-state index is -4.68. The summed E-state index contributed by atoms with van der Waals surface area (Å²) in [6.07, 6.45) is -4.68. The Morgan fingerprint density at radius 3 is 2.08 bits per heavy atom. The lowest BCUT2D eigenvalue weighted by Gasteiger charge is -2.36. The number of amides is 2. The zero-order valence-corrected chi connectivity index (χ0v) is 14.5. The van der Waals surface area contributed by atoms with Crippen LogP contribution in [0.15, 0.2) is 18.2 Å². The lowest BCUT2D eigenvalue weighted by molar-refractivity contribution is -0.137. The van der Waals surface area contributed by atoms with E-state index in [-0.39, 0.29) is 38.0 Å². The highest BCUT2D eigenvalue weighted by Crippen LogP contribution is 2.30. The molecule has 9 heteroatoms. The van der Waals surface area contributed by atoms with Gasteiger partial charge in [-0.1, -0.05) is 13.8 Å². The van der Waals surface area contributed by atoms with Crippen LogP contribution in [-0.4, -0.2) is 53.8 Å². The second kappa shape index (κ2) is 7.61. The number of nitrogens with zero attached hydrogens (tertiary/aromatic N) is 2. The SMILES string of the molecule is CC(C)[C@H](N)C(=O)N1CCN(C(=O)c2ccc(C(F)(F)F)cc2F)CC1. The van der Waals surface area contributed by atoms with E-state index in [1.54, 1.807) is 0 Å². The van der Waals surface area contributed by atoms with Crippen molar-refractivity contribution in [2.45, 2.75) is 26.1 Å². The van der Waals surface area contributed by atoms with E-state index in [4.69, 9.17) is 5.73 Å². The number of halogens is 4. The molecule has 144 valence electrons. The summed E-state index contributed by atoms with van der Waals surface area (Å²) in [7, 11) is 0. The first-order valence-corrected chi connectivity index (χ1v) is 8.22. The average Bonchev–Trinajstić information content (AvgIpc) is 2.59. The van der Waals surface area contributed by atoms with Crippen molar-refractivity contribution >= 4 is 11.8 Å². The van der Waals surface area contributed by atoms with Gasteiger partial charge in [0, 0.05) is 26.2 Å². The van der Waals surface area contributed by atoms with Crippen molar-refractivity contribution in [2.24, 2.45) is 11.7 Å². The fourth-order valence-corrected chi connectivity index (χ4v) is 2.66. The molecule has 1 aromatic carbocycles. The molecule has 5 nitrogen and oxygen atoms in total. The van der Waals surface area contributed by atoms with Crippen LogP contribution in [0.3, 0.4) is 0 Å². The maximum Gasteiger partial charge on any atom is 0.416 e. The number of rotatable bonds is 3. The van der Waals surface area contributed by atoms with Gasteiger partial charge in [0.25, 0.3) is 5.91 Å². The Labute approximate surface area is 148 Å². The second-order valence-corrected chi connectivity index (χ2v) is 6.58. The molecule has 2 amide bonds. The van der Waals surface area contributed by atoms with E-state index in [1.807, 2.05) is 13.8 Å². The van der Waals surface area contributed by atoms with Crippen molar-refractivity contribution < 1.29 is 27.2 Å². The Morgan fingerprint density at radius 1 is 1.08 bits per heavy atom. The predicted molar refractivity (Wildman–Crippen MR) is 86.7 cm³/mol. The zero-order chi connectivity index (χ0) is 19.6. The van der Waals surface area contributed by atoms with E-state index in [2.05, 4.69) is 0 Å². The van der Waals surface area contributed by atoms with Crippen LogP contribution in [0.25, 0.3) is 0 Å². The number of carbonyl (C=O) groups excluding carboxylic acids is 2. The van der Waals surface area contributed by atoms with Crippen LogP contribution in [0.4, 0.5) is 17.6 Å². The molecule has 1 atom stereocenters. The van der Waals surface area contributed by atoms with E-state index in [0.717, 1.165) is 6.07 Å². The molecule has 0 aliphatic carbocycles. The molecule has 0 spiro atoms. The Hall–Kier alpha value is -2.16. The number of carbonyl (C=O) groups is 2. The van der Waals surface area contributed by atoms with Crippen molar-refractivity contribution in [1.29, 1.82) is 0 Å². The van der Waals surface area contributed by atoms with E-state index < -0.39 is 35.1 Å². The number of hydrogen-bond donors (Lipinski definition) is 1. The van der Waals surface area contributed by atoms with Crippen LogP contribution in [-0.2, 0) is 11.0 Å². The number of benzene rings is 1. The first-order valence-electron chi connectivity index (χ1n) is 8.22. The van der Waals surface area contributed by atoms with Crippen LogP contribution in [0.2, 0.25) is 0 Å². The van der Waals surface area contributed by atoms with Gasteiger partial charge in [0.1, 0.15) is 5.82 Å². The molecule has 0 saturated carbocycles. The van der Waals surface area contributed by atoms with Gasteiger partial charge in [-0.15, -0.1) is 0 Å². The molecule has 0 unspecified atom stereocenters. The van der Waals surface area contributed by atoms with Gasteiger partial charge < -0.3 is 15.5 Å². The summed E-state index contributed by atoms with van der Waals surface area (Å²) < 4.78 is 51.7. The molecule has 1 fully saturated rings. The summed E-state index contributed by atoms with van der Waals surface area (Å²) in [5.74, 6) is -2.15. The van der Waals surface area contributed by atoms with Gasteiger partial charge >= 0.3 is 6.18 Å². The topological polar surface area (TPSA) is 66.6 Å². The van der Waals surface area contributed by atoms with E-state index in [9.17, 15) is 27.2 Å². The molecule has 1 aliphatic rings. The monoisotopic (exact) mass is 375 g/mol. The van der Waals surface area contributed by atoms with Gasteiger partial charge in [-0.05, 0) is 24.1 Å².